The van der Waals surface area contributed by atoms with E-state index in [2.05, 4.69) is 16.1 Å². The average molecular weight is 393 g/mol. The quantitative estimate of drug-likeness (QED) is 0.387. The molecule has 152 valence electrons. The van der Waals surface area contributed by atoms with Crippen LogP contribution in [0.25, 0.3) is 6.08 Å². The van der Waals surface area contributed by atoms with E-state index in [0.29, 0.717) is 12.1 Å². The lowest BCUT2D eigenvalue weighted by atomic mass is 9.97. The third-order valence-corrected chi connectivity index (χ3v) is 4.31. The van der Waals surface area contributed by atoms with Gasteiger partial charge in [-0.2, -0.15) is 8.78 Å². The van der Waals surface area contributed by atoms with Crippen LogP contribution in [-0.4, -0.2) is 31.1 Å². The highest BCUT2D eigenvalue weighted by atomic mass is 19.3. The minimum absolute atomic E-state index is 0.0315. The maximum atomic E-state index is 12.1. The molecule has 7 heteroatoms. The van der Waals surface area contributed by atoms with Crippen LogP contribution in [0.1, 0.15) is 44.6 Å². The average Bonchev–Trinajstić information content (AvgIpc) is 2.67. The van der Waals surface area contributed by atoms with Crippen molar-refractivity contribution < 1.29 is 27.8 Å². The first kappa shape index (κ1) is 21.6. The SMILES string of the molecule is CC(OC(=O)/C=C/c1ccc(OC(F)F)cc1)C(=O)NCCC1=CCCCC1. The summed E-state index contributed by atoms with van der Waals surface area (Å²) >= 11 is 0. The third-order valence-electron chi connectivity index (χ3n) is 4.31. The summed E-state index contributed by atoms with van der Waals surface area (Å²) in [4.78, 5) is 23.9. The number of benzene rings is 1. The molecule has 0 saturated carbocycles. The number of carbonyl (C=O) groups excluding carboxylic acids is 2. The van der Waals surface area contributed by atoms with Crippen molar-refractivity contribution in [2.75, 3.05) is 6.54 Å². The Hall–Kier alpha value is -2.70. The van der Waals surface area contributed by atoms with Gasteiger partial charge < -0.3 is 14.8 Å². The summed E-state index contributed by atoms with van der Waals surface area (Å²) in [7, 11) is 0. The fourth-order valence-corrected chi connectivity index (χ4v) is 2.81. The Kier molecular flexibility index (Phi) is 8.65. The molecule has 5 nitrogen and oxygen atoms in total. The molecule has 0 heterocycles. The lowest BCUT2D eigenvalue weighted by Gasteiger charge is -2.15. The van der Waals surface area contributed by atoms with Crippen molar-refractivity contribution in [1.29, 1.82) is 0 Å². The van der Waals surface area contributed by atoms with E-state index in [1.807, 2.05) is 0 Å². The summed E-state index contributed by atoms with van der Waals surface area (Å²) in [5, 5.41) is 2.77. The highest BCUT2D eigenvalue weighted by Gasteiger charge is 2.16. The molecule has 0 aromatic heterocycles. The monoisotopic (exact) mass is 393 g/mol. The Bertz CT molecular complexity index is 714. The maximum absolute atomic E-state index is 12.1. The smallest absolute Gasteiger partial charge is 0.387 e. The number of esters is 1. The fourth-order valence-electron chi connectivity index (χ4n) is 2.81. The number of nitrogens with one attached hydrogen (secondary N) is 1. The lowest BCUT2D eigenvalue weighted by Crippen LogP contribution is -2.36. The number of hydrogen-bond donors (Lipinski definition) is 1. The van der Waals surface area contributed by atoms with E-state index < -0.39 is 18.7 Å². The molecule has 28 heavy (non-hydrogen) atoms. The van der Waals surface area contributed by atoms with Crippen LogP contribution < -0.4 is 10.1 Å². The Morgan fingerprint density at radius 2 is 1.96 bits per heavy atom. The molecule has 1 N–H and O–H groups in total. The molecule has 1 aliphatic rings. The standard InChI is InChI=1S/C21H25F2NO4/c1-15(20(26)24-14-13-16-5-3-2-4-6-16)27-19(25)12-9-17-7-10-18(11-8-17)28-21(22)23/h5,7-12,15,21H,2-4,6,13-14H2,1H3,(H,24,26)/b12-9+. The first-order chi connectivity index (χ1) is 13.4. The van der Waals surface area contributed by atoms with Gasteiger partial charge in [-0.05, 0) is 62.8 Å². The molecule has 1 amide bonds. The summed E-state index contributed by atoms with van der Waals surface area (Å²) in [5.74, 6) is -0.971. The van der Waals surface area contributed by atoms with Crippen LogP contribution in [0.4, 0.5) is 8.78 Å². The fraction of sp³-hybridized carbons (Fsp3) is 0.429. The van der Waals surface area contributed by atoms with Gasteiger partial charge in [0.1, 0.15) is 5.75 Å². The Labute approximate surface area is 163 Å². The highest BCUT2D eigenvalue weighted by Crippen LogP contribution is 2.19. The first-order valence-electron chi connectivity index (χ1n) is 9.33. The van der Waals surface area contributed by atoms with E-state index in [-0.39, 0.29) is 11.7 Å². The number of rotatable bonds is 9. The van der Waals surface area contributed by atoms with Crippen LogP contribution in [0.15, 0.2) is 42.0 Å². The summed E-state index contributed by atoms with van der Waals surface area (Å²) in [6.45, 7) is -0.851. The molecule has 0 saturated heterocycles. The summed E-state index contributed by atoms with van der Waals surface area (Å²) < 4.78 is 33.5. The minimum atomic E-state index is -2.89. The molecule has 1 aromatic rings. The summed E-state index contributed by atoms with van der Waals surface area (Å²) in [5.41, 5.74) is 1.97. The second kappa shape index (κ2) is 11.2. The number of ether oxygens (including phenoxy) is 2. The van der Waals surface area contributed by atoms with Crippen LogP contribution in [0.2, 0.25) is 0 Å². The Morgan fingerprint density at radius 3 is 2.61 bits per heavy atom. The largest absolute Gasteiger partial charge is 0.449 e. The van der Waals surface area contributed by atoms with Gasteiger partial charge >= 0.3 is 12.6 Å². The molecule has 0 fully saturated rings. The van der Waals surface area contributed by atoms with Crippen LogP contribution in [0.3, 0.4) is 0 Å². The van der Waals surface area contributed by atoms with Crippen LogP contribution in [-0.2, 0) is 14.3 Å². The predicted molar refractivity (Wildman–Crippen MR) is 102 cm³/mol. The van der Waals surface area contributed by atoms with Crippen LogP contribution in [0.5, 0.6) is 5.75 Å². The van der Waals surface area contributed by atoms with Gasteiger partial charge in [0, 0.05) is 12.6 Å². The Balaban J connectivity index is 1.72. The molecule has 0 bridgehead atoms. The molecule has 1 unspecified atom stereocenters. The Morgan fingerprint density at radius 1 is 1.21 bits per heavy atom. The van der Waals surface area contributed by atoms with Gasteiger partial charge in [0.25, 0.3) is 5.91 Å². The third kappa shape index (κ3) is 7.90. The van der Waals surface area contributed by atoms with Crippen LogP contribution >= 0.6 is 0 Å². The molecule has 1 atom stereocenters. The number of amides is 1. The molecule has 1 aromatic carbocycles. The van der Waals surface area contributed by atoms with E-state index >= 15 is 0 Å². The second-order valence-corrected chi connectivity index (χ2v) is 6.51. The van der Waals surface area contributed by atoms with Gasteiger partial charge in [-0.25, -0.2) is 4.79 Å². The maximum Gasteiger partial charge on any atom is 0.387 e. The zero-order valence-corrected chi connectivity index (χ0v) is 15.8. The van der Waals surface area contributed by atoms with E-state index in [0.717, 1.165) is 19.3 Å². The molecule has 2 rings (SSSR count). The van der Waals surface area contributed by atoms with Crippen molar-refractivity contribution in [1.82, 2.24) is 5.32 Å². The molecular formula is C21H25F2NO4. The van der Waals surface area contributed by atoms with Gasteiger partial charge in [0.2, 0.25) is 0 Å². The second-order valence-electron chi connectivity index (χ2n) is 6.51. The molecule has 0 aliphatic heterocycles. The topological polar surface area (TPSA) is 64.6 Å². The summed E-state index contributed by atoms with van der Waals surface area (Å²) in [6, 6.07) is 5.79. The van der Waals surface area contributed by atoms with E-state index in [1.54, 1.807) is 0 Å². The normalized spacial score (nSPS) is 15.2. The molecule has 0 radical (unpaired) electrons. The first-order valence-corrected chi connectivity index (χ1v) is 9.33. The van der Waals surface area contributed by atoms with Gasteiger partial charge in [0.15, 0.2) is 6.10 Å². The summed E-state index contributed by atoms with van der Waals surface area (Å²) in [6.07, 6.45) is 9.40. The van der Waals surface area contributed by atoms with Gasteiger partial charge in [-0.3, -0.25) is 4.79 Å². The zero-order chi connectivity index (χ0) is 20.4. The number of carbonyl (C=O) groups is 2. The molecule has 0 spiro atoms. The van der Waals surface area contributed by atoms with Crippen molar-refractivity contribution in [3.05, 3.63) is 47.6 Å². The molecular weight excluding hydrogens is 368 g/mol. The van der Waals surface area contributed by atoms with Crippen molar-refractivity contribution >= 4 is 18.0 Å². The van der Waals surface area contributed by atoms with Crippen molar-refractivity contribution in [2.24, 2.45) is 0 Å². The van der Waals surface area contributed by atoms with E-state index in [9.17, 15) is 18.4 Å². The number of allylic oxidation sites excluding steroid dienone is 1. The lowest BCUT2D eigenvalue weighted by molar-refractivity contribution is -0.150. The van der Waals surface area contributed by atoms with Crippen molar-refractivity contribution in [3.8, 4) is 5.75 Å². The zero-order valence-electron chi connectivity index (χ0n) is 15.8. The van der Waals surface area contributed by atoms with Gasteiger partial charge in [-0.15, -0.1) is 0 Å². The number of alkyl halides is 2. The number of hydrogen-bond acceptors (Lipinski definition) is 4. The highest BCUT2D eigenvalue weighted by molar-refractivity contribution is 5.90. The molecule has 1 aliphatic carbocycles. The number of halogens is 2. The van der Waals surface area contributed by atoms with Gasteiger partial charge in [-0.1, -0.05) is 23.8 Å². The predicted octanol–water partition coefficient (Wildman–Crippen LogP) is 4.24. The van der Waals surface area contributed by atoms with E-state index in [1.165, 1.54) is 61.8 Å². The van der Waals surface area contributed by atoms with Gasteiger partial charge in [0.05, 0.1) is 0 Å². The minimum Gasteiger partial charge on any atom is -0.449 e. The van der Waals surface area contributed by atoms with Crippen molar-refractivity contribution in [3.63, 3.8) is 0 Å². The van der Waals surface area contributed by atoms with Crippen molar-refractivity contribution in [2.45, 2.75) is 51.7 Å². The van der Waals surface area contributed by atoms with Crippen LogP contribution in [0, 0.1) is 0 Å². The van der Waals surface area contributed by atoms with E-state index in [4.69, 9.17) is 4.74 Å².